The summed E-state index contributed by atoms with van der Waals surface area (Å²) >= 11 is 0. The molecule has 0 saturated carbocycles. The van der Waals surface area contributed by atoms with Crippen molar-refractivity contribution >= 4 is 29.3 Å². The van der Waals surface area contributed by atoms with Gasteiger partial charge in [0.15, 0.2) is 0 Å². The molecule has 2 N–H and O–H groups in total. The van der Waals surface area contributed by atoms with Gasteiger partial charge >= 0.3 is 18.0 Å². The maximum absolute atomic E-state index is 12.8. The standard InChI is InChI=1S/C29H20N2O5/c1-2-20-13-15-23(16-14-20)30-29(34)31-24-18-21(27(32)35-25-9-5-3-6-10-25)17-22(19-24)28(33)36-26-11-7-4-8-12-26/h1,3-19H,(H2,30,31,34). The second kappa shape index (κ2) is 11.2. The molecule has 0 spiro atoms. The van der Waals surface area contributed by atoms with Gasteiger partial charge in [-0.15, -0.1) is 6.42 Å². The molecule has 4 rings (SSSR count). The molecule has 0 aliphatic carbocycles. The molecule has 0 heterocycles. The van der Waals surface area contributed by atoms with Crippen LogP contribution in [0, 0.1) is 12.3 Å². The molecule has 0 aliphatic rings. The third-order valence-corrected chi connectivity index (χ3v) is 4.88. The van der Waals surface area contributed by atoms with Crippen LogP contribution in [0.4, 0.5) is 16.2 Å². The average Bonchev–Trinajstić information content (AvgIpc) is 2.90. The number of nitrogens with one attached hydrogen (secondary N) is 2. The Kier molecular flexibility index (Phi) is 7.39. The molecule has 2 amide bonds. The zero-order valence-electron chi connectivity index (χ0n) is 18.9. The van der Waals surface area contributed by atoms with E-state index in [9.17, 15) is 14.4 Å². The zero-order valence-corrected chi connectivity index (χ0v) is 18.9. The van der Waals surface area contributed by atoms with Crippen LogP contribution in [0.1, 0.15) is 26.3 Å². The van der Waals surface area contributed by atoms with Gasteiger partial charge in [-0.25, -0.2) is 14.4 Å². The molecule has 7 heteroatoms. The first-order valence-corrected chi connectivity index (χ1v) is 10.8. The molecular formula is C29H20N2O5. The average molecular weight is 476 g/mol. The smallest absolute Gasteiger partial charge is 0.343 e. The van der Waals surface area contributed by atoms with Gasteiger partial charge in [-0.3, -0.25) is 0 Å². The maximum Gasteiger partial charge on any atom is 0.343 e. The Balaban J connectivity index is 1.57. The Hall–Kier alpha value is -5.35. The fraction of sp³-hybridized carbons (Fsp3) is 0. The van der Waals surface area contributed by atoms with E-state index in [4.69, 9.17) is 15.9 Å². The summed E-state index contributed by atoms with van der Waals surface area (Å²) in [5.74, 6) is 1.76. The van der Waals surface area contributed by atoms with Crippen molar-refractivity contribution in [2.24, 2.45) is 0 Å². The second-order valence-electron chi connectivity index (χ2n) is 7.50. The lowest BCUT2D eigenvalue weighted by atomic mass is 10.1. The number of benzene rings is 4. The highest BCUT2D eigenvalue weighted by atomic mass is 16.5. The lowest BCUT2D eigenvalue weighted by Gasteiger charge is -2.12. The zero-order chi connectivity index (χ0) is 25.3. The number of ether oxygens (including phenoxy) is 2. The van der Waals surface area contributed by atoms with E-state index in [2.05, 4.69) is 16.6 Å². The third-order valence-electron chi connectivity index (χ3n) is 4.88. The van der Waals surface area contributed by atoms with Crippen LogP contribution >= 0.6 is 0 Å². The largest absolute Gasteiger partial charge is 0.423 e. The number of hydrogen-bond acceptors (Lipinski definition) is 5. The van der Waals surface area contributed by atoms with Crippen LogP contribution in [0.5, 0.6) is 11.5 Å². The van der Waals surface area contributed by atoms with Gasteiger partial charge in [-0.1, -0.05) is 42.3 Å². The molecular weight excluding hydrogens is 456 g/mol. The minimum atomic E-state index is -0.705. The number of rotatable bonds is 6. The predicted octanol–water partition coefficient (Wildman–Crippen LogP) is 5.75. The molecule has 0 aromatic heterocycles. The van der Waals surface area contributed by atoms with Crippen molar-refractivity contribution in [2.75, 3.05) is 10.6 Å². The minimum Gasteiger partial charge on any atom is -0.423 e. The Labute approximate surface area is 207 Å². The normalized spacial score (nSPS) is 9.97. The monoisotopic (exact) mass is 476 g/mol. The first-order chi connectivity index (χ1) is 17.5. The topological polar surface area (TPSA) is 93.7 Å². The molecule has 0 unspecified atom stereocenters. The van der Waals surface area contributed by atoms with Crippen molar-refractivity contribution in [1.29, 1.82) is 0 Å². The summed E-state index contributed by atoms with van der Waals surface area (Å²) in [5, 5.41) is 5.30. The first-order valence-electron chi connectivity index (χ1n) is 10.8. The van der Waals surface area contributed by atoms with E-state index in [1.54, 1.807) is 84.9 Å². The molecule has 36 heavy (non-hydrogen) atoms. The summed E-state index contributed by atoms with van der Waals surface area (Å²) < 4.78 is 10.8. The van der Waals surface area contributed by atoms with Crippen LogP contribution in [-0.2, 0) is 0 Å². The van der Waals surface area contributed by atoms with Crippen LogP contribution in [0.2, 0.25) is 0 Å². The molecule has 4 aromatic rings. The van der Waals surface area contributed by atoms with Gasteiger partial charge in [0.25, 0.3) is 0 Å². The molecule has 0 fully saturated rings. The fourth-order valence-electron chi connectivity index (χ4n) is 3.19. The molecule has 4 aromatic carbocycles. The molecule has 7 nitrogen and oxygen atoms in total. The second-order valence-corrected chi connectivity index (χ2v) is 7.50. The molecule has 0 aliphatic heterocycles. The van der Waals surface area contributed by atoms with Crippen molar-refractivity contribution in [1.82, 2.24) is 0 Å². The van der Waals surface area contributed by atoms with Crippen LogP contribution < -0.4 is 20.1 Å². The van der Waals surface area contributed by atoms with Gasteiger partial charge in [0.05, 0.1) is 11.1 Å². The van der Waals surface area contributed by atoms with Gasteiger partial charge in [0, 0.05) is 16.9 Å². The number of terminal acetylenes is 1. The molecule has 0 radical (unpaired) electrons. The molecule has 0 saturated heterocycles. The van der Waals surface area contributed by atoms with E-state index in [0.29, 0.717) is 22.7 Å². The number of esters is 2. The quantitative estimate of drug-likeness (QED) is 0.210. The van der Waals surface area contributed by atoms with Gasteiger partial charge in [-0.2, -0.15) is 0 Å². The molecule has 0 bridgehead atoms. The summed E-state index contributed by atoms with van der Waals surface area (Å²) in [7, 11) is 0. The summed E-state index contributed by atoms with van der Waals surface area (Å²) in [4.78, 5) is 38.2. The highest BCUT2D eigenvalue weighted by Crippen LogP contribution is 2.21. The highest BCUT2D eigenvalue weighted by Gasteiger charge is 2.17. The number of carbonyl (C=O) groups is 3. The Morgan fingerprint density at radius 3 is 1.56 bits per heavy atom. The van der Waals surface area contributed by atoms with E-state index in [1.807, 2.05) is 0 Å². The number of para-hydroxylation sites is 2. The van der Waals surface area contributed by atoms with Crippen molar-refractivity contribution in [2.45, 2.75) is 0 Å². The summed E-state index contributed by atoms with van der Waals surface area (Å²) in [5.41, 5.74) is 1.47. The van der Waals surface area contributed by atoms with Gasteiger partial charge < -0.3 is 20.1 Å². The van der Waals surface area contributed by atoms with E-state index >= 15 is 0 Å². The lowest BCUT2D eigenvalue weighted by Crippen LogP contribution is -2.21. The first kappa shape index (κ1) is 23.8. The lowest BCUT2D eigenvalue weighted by molar-refractivity contribution is 0.0734. The summed E-state index contributed by atoms with van der Waals surface area (Å²) in [6.45, 7) is 0. The predicted molar refractivity (Wildman–Crippen MR) is 136 cm³/mol. The van der Waals surface area contributed by atoms with E-state index in [1.165, 1.54) is 18.2 Å². The van der Waals surface area contributed by atoms with Crippen LogP contribution in [0.25, 0.3) is 0 Å². The Morgan fingerprint density at radius 1 is 0.611 bits per heavy atom. The van der Waals surface area contributed by atoms with Gasteiger partial charge in [0.2, 0.25) is 0 Å². The van der Waals surface area contributed by atoms with Crippen molar-refractivity contribution in [3.8, 4) is 23.8 Å². The van der Waals surface area contributed by atoms with Gasteiger partial charge in [0.1, 0.15) is 11.5 Å². The van der Waals surface area contributed by atoms with E-state index in [0.717, 1.165) is 0 Å². The minimum absolute atomic E-state index is 0.0510. The highest BCUT2D eigenvalue weighted by molar-refractivity contribution is 6.03. The number of carbonyl (C=O) groups excluding carboxylic acids is 3. The number of anilines is 2. The number of amides is 2. The van der Waals surface area contributed by atoms with Crippen LogP contribution in [0.3, 0.4) is 0 Å². The third kappa shape index (κ3) is 6.37. The fourth-order valence-corrected chi connectivity index (χ4v) is 3.19. The van der Waals surface area contributed by atoms with E-state index in [-0.39, 0.29) is 16.8 Å². The van der Waals surface area contributed by atoms with Crippen molar-refractivity contribution in [3.63, 3.8) is 0 Å². The summed E-state index contributed by atoms with van der Waals surface area (Å²) in [6, 6.07) is 27.3. The van der Waals surface area contributed by atoms with Crippen molar-refractivity contribution < 1.29 is 23.9 Å². The maximum atomic E-state index is 12.8. The van der Waals surface area contributed by atoms with E-state index < -0.39 is 18.0 Å². The SMILES string of the molecule is C#Cc1ccc(NC(=O)Nc2cc(C(=O)Oc3ccccc3)cc(C(=O)Oc3ccccc3)c2)cc1. The Bertz CT molecular complexity index is 1350. The van der Waals surface area contributed by atoms with Crippen molar-refractivity contribution in [3.05, 3.63) is 120 Å². The number of urea groups is 1. The molecule has 176 valence electrons. The van der Waals surface area contributed by atoms with Gasteiger partial charge in [-0.05, 0) is 66.7 Å². The molecule has 0 atom stereocenters. The number of hydrogen-bond donors (Lipinski definition) is 2. The Morgan fingerprint density at radius 2 is 1.08 bits per heavy atom. The van der Waals surface area contributed by atoms with Crippen LogP contribution in [-0.4, -0.2) is 18.0 Å². The van der Waals surface area contributed by atoms with Crippen LogP contribution in [0.15, 0.2) is 103 Å². The summed E-state index contributed by atoms with van der Waals surface area (Å²) in [6.07, 6.45) is 5.35.